The molecule has 0 aromatic heterocycles. The number of alkyl halides is 3. The summed E-state index contributed by atoms with van der Waals surface area (Å²) >= 11 is 0. The van der Waals surface area contributed by atoms with E-state index in [0.29, 0.717) is 25.2 Å². The molecular formula is C16H22F3N3O. The Morgan fingerprint density at radius 3 is 2.70 bits per heavy atom. The van der Waals surface area contributed by atoms with Gasteiger partial charge in [-0.15, -0.1) is 0 Å². The Labute approximate surface area is 134 Å². The fraction of sp³-hybridized carbons (Fsp3) is 0.562. The Morgan fingerprint density at radius 2 is 2.04 bits per heavy atom. The van der Waals surface area contributed by atoms with Crippen LogP contribution in [0.3, 0.4) is 0 Å². The van der Waals surface area contributed by atoms with Crippen LogP contribution in [0.25, 0.3) is 0 Å². The van der Waals surface area contributed by atoms with Crippen molar-refractivity contribution in [3.8, 4) is 0 Å². The smallest absolute Gasteiger partial charge is 0.359 e. The van der Waals surface area contributed by atoms with Crippen LogP contribution in [0.15, 0.2) is 24.3 Å². The summed E-state index contributed by atoms with van der Waals surface area (Å²) in [6, 6.07) is 5.38. The molecule has 1 N–H and O–H groups in total. The summed E-state index contributed by atoms with van der Waals surface area (Å²) in [5.41, 5.74) is -0.0233. The van der Waals surface area contributed by atoms with Crippen molar-refractivity contribution in [1.29, 1.82) is 0 Å². The number of amides is 1. The van der Waals surface area contributed by atoms with Gasteiger partial charge in [0.2, 0.25) is 5.91 Å². The summed E-state index contributed by atoms with van der Waals surface area (Å²) in [5, 5.41) is 2.66. The van der Waals surface area contributed by atoms with E-state index in [2.05, 4.69) is 10.2 Å². The van der Waals surface area contributed by atoms with E-state index in [0.717, 1.165) is 19.2 Å². The molecule has 1 unspecified atom stereocenters. The first kappa shape index (κ1) is 17.7. The van der Waals surface area contributed by atoms with Crippen LogP contribution < -0.4 is 5.32 Å². The van der Waals surface area contributed by atoms with Crippen LogP contribution in [0.4, 0.5) is 13.2 Å². The zero-order valence-corrected chi connectivity index (χ0v) is 13.4. The molecule has 23 heavy (non-hydrogen) atoms. The average molecular weight is 329 g/mol. The highest BCUT2D eigenvalue weighted by molar-refractivity contribution is 5.78. The first-order valence-electron chi connectivity index (χ1n) is 7.58. The average Bonchev–Trinajstić information content (AvgIpc) is 2.68. The van der Waals surface area contributed by atoms with Crippen LogP contribution in [0, 0.1) is 5.92 Å². The second-order valence-electron chi connectivity index (χ2n) is 6.01. The minimum absolute atomic E-state index is 0.0345. The van der Waals surface area contributed by atoms with Gasteiger partial charge in [-0.05, 0) is 18.7 Å². The van der Waals surface area contributed by atoms with Crippen molar-refractivity contribution in [2.75, 3.05) is 40.3 Å². The number of likely N-dealkylation sites (N-methyl/N-ethyl adjacent to an activating group) is 1. The maximum Gasteiger partial charge on any atom is 0.416 e. The van der Waals surface area contributed by atoms with Crippen LogP contribution in [0.2, 0.25) is 0 Å². The van der Waals surface area contributed by atoms with Crippen LogP contribution in [0.1, 0.15) is 11.1 Å². The second-order valence-corrected chi connectivity index (χ2v) is 6.01. The van der Waals surface area contributed by atoms with Gasteiger partial charge in [-0.25, -0.2) is 0 Å². The molecule has 1 heterocycles. The summed E-state index contributed by atoms with van der Waals surface area (Å²) in [7, 11) is 3.55. The number of nitrogens with zero attached hydrogens (tertiary/aromatic N) is 2. The van der Waals surface area contributed by atoms with Crippen molar-refractivity contribution in [3.05, 3.63) is 35.4 Å². The number of hydrogen-bond acceptors (Lipinski definition) is 3. The van der Waals surface area contributed by atoms with Crippen molar-refractivity contribution < 1.29 is 18.0 Å². The molecule has 1 aliphatic rings. The van der Waals surface area contributed by atoms with Crippen molar-refractivity contribution >= 4 is 5.91 Å². The monoisotopic (exact) mass is 329 g/mol. The van der Waals surface area contributed by atoms with E-state index in [9.17, 15) is 18.0 Å². The summed E-state index contributed by atoms with van der Waals surface area (Å²) in [6.45, 7) is 3.11. The van der Waals surface area contributed by atoms with Gasteiger partial charge in [-0.2, -0.15) is 13.2 Å². The lowest BCUT2D eigenvalue weighted by atomic mass is 10.1. The van der Waals surface area contributed by atoms with E-state index < -0.39 is 11.7 Å². The van der Waals surface area contributed by atoms with E-state index in [1.54, 1.807) is 13.1 Å². The van der Waals surface area contributed by atoms with Crippen molar-refractivity contribution in [1.82, 2.24) is 15.1 Å². The minimum Gasteiger partial charge on any atom is -0.359 e. The third-order valence-corrected chi connectivity index (χ3v) is 4.09. The molecule has 0 aliphatic carbocycles. The summed E-state index contributed by atoms with van der Waals surface area (Å²) < 4.78 is 38.4. The van der Waals surface area contributed by atoms with Crippen molar-refractivity contribution in [3.63, 3.8) is 0 Å². The van der Waals surface area contributed by atoms with Gasteiger partial charge in [0, 0.05) is 39.8 Å². The molecule has 7 heteroatoms. The van der Waals surface area contributed by atoms with Crippen LogP contribution in [0.5, 0.6) is 0 Å². The molecule has 0 bridgehead atoms. The highest BCUT2D eigenvalue weighted by Crippen LogP contribution is 2.29. The van der Waals surface area contributed by atoms with Crippen LogP contribution in [-0.4, -0.2) is 56.0 Å². The fourth-order valence-corrected chi connectivity index (χ4v) is 2.86. The number of carbonyl (C=O) groups is 1. The van der Waals surface area contributed by atoms with Gasteiger partial charge < -0.3 is 10.2 Å². The molecule has 1 aliphatic heterocycles. The predicted octanol–water partition coefficient (Wildman–Crippen LogP) is 1.82. The van der Waals surface area contributed by atoms with E-state index >= 15 is 0 Å². The quantitative estimate of drug-likeness (QED) is 0.919. The normalized spacial score (nSPS) is 21.0. The zero-order chi connectivity index (χ0) is 17.0. The third kappa shape index (κ3) is 4.94. The van der Waals surface area contributed by atoms with E-state index in [-0.39, 0.29) is 11.8 Å². The number of halogens is 3. The topological polar surface area (TPSA) is 35.6 Å². The molecule has 1 fully saturated rings. The molecule has 1 atom stereocenters. The molecule has 0 spiro atoms. The highest BCUT2D eigenvalue weighted by Gasteiger charge is 2.31. The number of nitrogens with one attached hydrogen (secondary N) is 1. The zero-order valence-electron chi connectivity index (χ0n) is 13.4. The predicted molar refractivity (Wildman–Crippen MR) is 81.8 cm³/mol. The molecule has 1 saturated heterocycles. The van der Waals surface area contributed by atoms with Gasteiger partial charge in [-0.1, -0.05) is 18.2 Å². The maximum absolute atomic E-state index is 12.8. The third-order valence-electron chi connectivity index (χ3n) is 4.09. The number of benzene rings is 1. The summed E-state index contributed by atoms with van der Waals surface area (Å²) in [4.78, 5) is 16.1. The largest absolute Gasteiger partial charge is 0.416 e. The molecular weight excluding hydrogens is 307 g/mol. The van der Waals surface area contributed by atoms with Gasteiger partial charge in [-0.3, -0.25) is 9.69 Å². The van der Waals surface area contributed by atoms with Gasteiger partial charge in [0.05, 0.1) is 11.5 Å². The molecule has 1 amide bonds. The Kier molecular flexibility index (Phi) is 5.64. The van der Waals surface area contributed by atoms with Gasteiger partial charge in [0.1, 0.15) is 0 Å². The Bertz CT molecular complexity index is 548. The Balaban J connectivity index is 2.10. The van der Waals surface area contributed by atoms with Crippen molar-refractivity contribution in [2.45, 2.75) is 12.7 Å². The number of rotatable bonds is 3. The first-order chi connectivity index (χ1) is 10.8. The standard InChI is InChI=1S/C16H22F3N3O/c1-20-15(23)13-10-21(2)6-7-22(11-13)9-12-4-3-5-14(8-12)16(17,18)19/h3-5,8,13H,6-7,9-11H2,1-2H3,(H,20,23). The summed E-state index contributed by atoms with van der Waals surface area (Å²) in [5.74, 6) is -0.217. The first-order valence-corrected chi connectivity index (χ1v) is 7.58. The van der Waals surface area contributed by atoms with Crippen LogP contribution >= 0.6 is 0 Å². The molecule has 2 rings (SSSR count). The fourth-order valence-electron chi connectivity index (χ4n) is 2.86. The van der Waals surface area contributed by atoms with Gasteiger partial charge in [0.25, 0.3) is 0 Å². The Morgan fingerprint density at radius 1 is 1.30 bits per heavy atom. The lowest BCUT2D eigenvalue weighted by molar-refractivity contribution is -0.137. The molecule has 0 radical (unpaired) electrons. The summed E-state index contributed by atoms with van der Waals surface area (Å²) in [6.07, 6.45) is -4.33. The highest BCUT2D eigenvalue weighted by atomic mass is 19.4. The Hall–Kier alpha value is -1.60. The molecule has 1 aromatic rings. The number of carbonyl (C=O) groups excluding carboxylic acids is 1. The molecule has 4 nitrogen and oxygen atoms in total. The van der Waals surface area contributed by atoms with E-state index in [1.807, 2.05) is 11.9 Å². The second kappa shape index (κ2) is 7.31. The molecule has 0 saturated carbocycles. The van der Waals surface area contributed by atoms with Gasteiger partial charge >= 0.3 is 6.18 Å². The SMILES string of the molecule is CNC(=O)C1CN(C)CCN(Cc2cccc(C(F)(F)F)c2)C1. The van der Waals surface area contributed by atoms with Crippen LogP contribution in [-0.2, 0) is 17.5 Å². The van der Waals surface area contributed by atoms with Gasteiger partial charge in [0.15, 0.2) is 0 Å². The lowest BCUT2D eigenvalue weighted by Crippen LogP contribution is -2.39. The molecule has 1 aromatic carbocycles. The lowest BCUT2D eigenvalue weighted by Gasteiger charge is -2.23. The maximum atomic E-state index is 12.8. The molecule has 128 valence electrons. The van der Waals surface area contributed by atoms with E-state index in [4.69, 9.17) is 0 Å². The minimum atomic E-state index is -4.33. The van der Waals surface area contributed by atoms with Crippen molar-refractivity contribution in [2.24, 2.45) is 5.92 Å². The van der Waals surface area contributed by atoms with E-state index in [1.165, 1.54) is 12.1 Å². The number of hydrogen-bond donors (Lipinski definition) is 1.